The molecule has 106 valence electrons. The predicted molar refractivity (Wildman–Crippen MR) is 82.7 cm³/mol. The van der Waals surface area contributed by atoms with Crippen LogP contribution in [-0.2, 0) is 0 Å². The van der Waals surface area contributed by atoms with E-state index in [0.29, 0.717) is 12.6 Å². The molecule has 2 rings (SSSR count). The van der Waals surface area contributed by atoms with E-state index >= 15 is 0 Å². The van der Waals surface area contributed by atoms with Crippen LogP contribution < -0.4 is 5.32 Å². The highest BCUT2D eigenvalue weighted by molar-refractivity contribution is 5.99. The maximum atomic E-state index is 12.3. The fraction of sp³-hybridized carbons (Fsp3) is 0.353. The Morgan fingerprint density at radius 3 is 2.45 bits per heavy atom. The summed E-state index contributed by atoms with van der Waals surface area (Å²) in [6.45, 7) is 8.51. The quantitative estimate of drug-likeness (QED) is 0.846. The van der Waals surface area contributed by atoms with Gasteiger partial charge in [-0.1, -0.05) is 32.0 Å². The van der Waals surface area contributed by atoms with Gasteiger partial charge >= 0.3 is 0 Å². The molecule has 0 fully saturated rings. The van der Waals surface area contributed by atoms with Crippen LogP contribution in [0.15, 0.2) is 36.4 Å². The number of para-hydroxylation sites is 1. The van der Waals surface area contributed by atoms with Crippen LogP contribution in [0, 0.1) is 13.8 Å². The van der Waals surface area contributed by atoms with Crippen molar-refractivity contribution in [3.8, 4) is 5.69 Å². The number of nitrogens with zero attached hydrogens (tertiary/aromatic N) is 1. The van der Waals surface area contributed by atoms with Gasteiger partial charge in [0.05, 0.1) is 6.54 Å². The Morgan fingerprint density at radius 2 is 1.85 bits per heavy atom. The standard InChI is InChI=1S/C17H22N2O/c1-12(2)18-11-17(20)16-10-13(3)19(14(16)4)15-8-6-5-7-9-15/h5-10,12,18H,11H2,1-4H3. The summed E-state index contributed by atoms with van der Waals surface area (Å²) in [5.41, 5.74) is 3.99. The first-order valence-corrected chi connectivity index (χ1v) is 7.01. The Kier molecular flexibility index (Phi) is 4.40. The predicted octanol–water partition coefficient (Wildman–Crippen LogP) is 3.27. The van der Waals surface area contributed by atoms with Crippen LogP contribution in [0.3, 0.4) is 0 Å². The van der Waals surface area contributed by atoms with Crippen molar-refractivity contribution in [1.29, 1.82) is 0 Å². The number of Topliss-reactive ketones (excluding diaryl/α,β-unsaturated/α-hetero) is 1. The summed E-state index contributed by atoms with van der Waals surface area (Å²) in [5, 5.41) is 3.18. The topological polar surface area (TPSA) is 34.0 Å². The summed E-state index contributed by atoms with van der Waals surface area (Å²) in [5.74, 6) is 0.147. The number of hydrogen-bond acceptors (Lipinski definition) is 2. The maximum Gasteiger partial charge on any atom is 0.178 e. The lowest BCUT2D eigenvalue weighted by Gasteiger charge is -2.10. The van der Waals surface area contributed by atoms with Crippen molar-refractivity contribution >= 4 is 5.78 Å². The van der Waals surface area contributed by atoms with E-state index in [9.17, 15) is 4.79 Å². The number of hydrogen-bond donors (Lipinski definition) is 1. The fourth-order valence-corrected chi connectivity index (χ4v) is 2.41. The summed E-state index contributed by atoms with van der Waals surface area (Å²) >= 11 is 0. The van der Waals surface area contributed by atoms with E-state index in [-0.39, 0.29) is 5.78 Å². The highest BCUT2D eigenvalue weighted by Crippen LogP contribution is 2.20. The lowest BCUT2D eigenvalue weighted by Crippen LogP contribution is -2.29. The molecule has 3 heteroatoms. The molecule has 0 saturated carbocycles. The van der Waals surface area contributed by atoms with Crippen molar-refractivity contribution in [3.05, 3.63) is 53.3 Å². The van der Waals surface area contributed by atoms with Gasteiger partial charge in [0, 0.05) is 28.7 Å². The Bertz CT molecular complexity index is 597. The van der Waals surface area contributed by atoms with Gasteiger partial charge in [-0.25, -0.2) is 0 Å². The first kappa shape index (κ1) is 14.5. The normalized spacial score (nSPS) is 11.1. The van der Waals surface area contributed by atoms with E-state index in [4.69, 9.17) is 0 Å². The van der Waals surface area contributed by atoms with E-state index < -0.39 is 0 Å². The number of aromatic nitrogens is 1. The molecule has 0 aliphatic rings. The number of nitrogens with one attached hydrogen (secondary N) is 1. The van der Waals surface area contributed by atoms with Crippen molar-refractivity contribution < 1.29 is 4.79 Å². The summed E-state index contributed by atoms with van der Waals surface area (Å²) in [4.78, 5) is 12.3. The van der Waals surface area contributed by atoms with E-state index in [1.807, 2.05) is 52.0 Å². The minimum atomic E-state index is 0.147. The number of carbonyl (C=O) groups excluding carboxylic acids is 1. The molecule has 0 bridgehead atoms. The molecule has 2 aromatic rings. The van der Waals surface area contributed by atoms with Crippen LogP contribution >= 0.6 is 0 Å². The molecule has 0 amide bonds. The second kappa shape index (κ2) is 6.06. The second-order valence-corrected chi connectivity index (χ2v) is 5.41. The van der Waals surface area contributed by atoms with Crippen molar-refractivity contribution in [2.24, 2.45) is 0 Å². The van der Waals surface area contributed by atoms with Gasteiger partial charge < -0.3 is 9.88 Å². The fourth-order valence-electron chi connectivity index (χ4n) is 2.41. The number of benzene rings is 1. The smallest absolute Gasteiger partial charge is 0.178 e. The molecule has 1 heterocycles. The van der Waals surface area contributed by atoms with Gasteiger partial charge in [-0.2, -0.15) is 0 Å². The van der Waals surface area contributed by atoms with Crippen LogP contribution in [0.5, 0.6) is 0 Å². The first-order chi connectivity index (χ1) is 9.50. The second-order valence-electron chi connectivity index (χ2n) is 5.41. The Hall–Kier alpha value is -1.87. The number of aryl methyl sites for hydroxylation is 1. The molecule has 0 spiro atoms. The number of carbonyl (C=O) groups is 1. The summed E-state index contributed by atoms with van der Waals surface area (Å²) in [6, 6.07) is 12.4. The van der Waals surface area contributed by atoms with Gasteiger partial charge in [0.1, 0.15) is 0 Å². The van der Waals surface area contributed by atoms with Crippen molar-refractivity contribution in [3.63, 3.8) is 0 Å². The molecular weight excluding hydrogens is 248 g/mol. The van der Waals surface area contributed by atoms with E-state index in [1.165, 1.54) is 0 Å². The molecule has 0 radical (unpaired) electrons. The average Bonchev–Trinajstić information content (AvgIpc) is 2.72. The zero-order chi connectivity index (χ0) is 14.7. The van der Waals surface area contributed by atoms with Crippen LogP contribution in [-0.4, -0.2) is 22.9 Å². The third-order valence-electron chi connectivity index (χ3n) is 3.42. The zero-order valence-corrected chi connectivity index (χ0v) is 12.6. The van der Waals surface area contributed by atoms with Gasteiger partial charge in [0.15, 0.2) is 5.78 Å². The minimum Gasteiger partial charge on any atom is -0.318 e. The molecule has 1 aromatic carbocycles. The maximum absolute atomic E-state index is 12.3. The molecule has 0 unspecified atom stereocenters. The van der Waals surface area contributed by atoms with Crippen molar-refractivity contribution in [2.45, 2.75) is 33.7 Å². The lowest BCUT2D eigenvalue weighted by atomic mass is 10.1. The van der Waals surface area contributed by atoms with E-state index in [0.717, 1.165) is 22.6 Å². The SMILES string of the molecule is Cc1cc(C(=O)CNC(C)C)c(C)n1-c1ccccc1. The molecule has 0 aliphatic carbocycles. The molecule has 1 aromatic heterocycles. The Labute approximate surface area is 120 Å². The van der Waals surface area contributed by atoms with E-state index in [1.54, 1.807) is 0 Å². The van der Waals surface area contributed by atoms with Crippen LogP contribution in [0.25, 0.3) is 5.69 Å². The number of ketones is 1. The highest BCUT2D eigenvalue weighted by Gasteiger charge is 2.16. The Morgan fingerprint density at radius 1 is 1.20 bits per heavy atom. The molecular formula is C17H22N2O. The highest BCUT2D eigenvalue weighted by atomic mass is 16.1. The summed E-state index contributed by atoms with van der Waals surface area (Å²) in [6.07, 6.45) is 0. The van der Waals surface area contributed by atoms with E-state index in [2.05, 4.69) is 22.0 Å². The number of rotatable bonds is 5. The molecule has 0 atom stereocenters. The van der Waals surface area contributed by atoms with Gasteiger partial charge in [-0.05, 0) is 32.0 Å². The van der Waals surface area contributed by atoms with Crippen LogP contribution in [0.2, 0.25) is 0 Å². The average molecular weight is 270 g/mol. The zero-order valence-electron chi connectivity index (χ0n) is 12.6. The summed E-state index contributed by atoms with van der Waals surface area (Å²) < 4.78 is 2.13. The largest absolute Gasteiger partial charge is 0.318 e. The lowest BCUT2D eigenvalue weighted by molar-refractivity contribution is 0.0988. The molecule has 20 heavy (non-hydrogen) atoms. The van der Waals surface area contributed by atoms with Crippen LogP contribution in [0.1, 0.15) is 35.6 Å². The molecule has 0 aliphatic heterocycles. The molecule has 0 saturated heterocycles. The van der Waals surface area contributed by atoms with Crippen LogP contribution in [0.4, 0.5) is 0 Å². The minimum absolute atomic E-state index is 0.147. The van der Waals surface area contributed by atoms with Gasteiger partial charge in [0.2, 0.25) is 0 Å². The summed E-state index contributed by atoms with van der Waals surface area (Å²) in [7, 11) is 0. The van der Waals surface area contributed by atoms with Gasteiger partial charge in [0.25, 0.3) is 0 Å². The Balaban J connectivity index is 2.32. The molecule has 3 nitrogen and oxygen atoms in total. The van der Waals surface area contributed by atoms with Gasteiger partial charge in [-0.3, -0.25) is 4.79 Å². The molecule has 1 N–H and O–H groups in total. The van der Waals surface area contributed by atoms with Gasteiger partial charge in [-0.15, -0.1) is 0 Å². The third-order valence-corrected chi connectivity index (χ3v) is 3.42. The van der Waals surface area contributed by atoms with Crippen molar-refractivity contribution in [2.75, 3.05) is 6.54 Å². The monoisotopic (exact) mass is 270 g/mol. The van der Waals surface area contributed by atoms with Crippen molar-refractivity contribution in [1.82, 2.24) is 9.88 Å². The third kappa shape index (κ3) is 2.99. The first-order valence-electron chi connectivity index (χ1n) is 7.01.